The summed E-state index contributed by atoms with van der Waals surface area (Å²) in [7, 11) is 0. The number of aromatic nitrogens is 6. The Bertz CT molecular complexity index is 1440. The lowest BCUT2D eigenvalue weighted by atomic mass is 10.1. The number of phenols is 1. The first-order valence-corrected chi connectivity index (χ1v) is 11.7. The molecule has 0 aliphatic heterocycles. The van der Waals surface area contributed by atoms with Gasteiger partial charge in [0.15, 0.2) is 11.0 Å². The van der Waals surface area contributed by atoms with Gasteiger partial charge in [-0.15, -0.1) is 10.2 Å². The molecule has 0 amide bonds. The van der Waals surface area contributed by atoms with Gasteiger partial charge < -0.3 is 9.63 Å². The predicted molar refractivity (Wildman–Crippen MR) is 127 cm³/mol. The van der Waals surface area contributed by atoms with Crippen molar-refractivity contribution >= 4 is 11.8 Å². The van der Waals surface area contributed by atoms with Gasteiger partial charge in [0.1, 0.15) is 10.5 Å². The van der Waals surface area contributed by atoms with Crippen molar-refractivity contribution in [2.24, 2.45) is 0 Å². The van der Waals surface area contributed by atoms with E-state index in [0.29, 0.717) is 22.7 Å². The van der Waals surface area contributed by atoms with E-state index < -0.39 is 0 Å². The van der Waals surface area contributed by atoms with Gasteiger partial charge in [-0.25, -0.2) is 0 Å². The average Bonchev–Trinajstić information content (AvgIpc) is 3.27. The first-order chi connectivity index (χ1) is 16.6. The van der Waals surface area contributed by atoms with Gasteiger partial charge in [0.05, 0.1) is 0 Å². The fourth-order valence-corrected chi connectivity index (χ4v) is 4.93. The van der Waals surface area contributed by atoms with Gasteiger partial charge in [-0.05, 0) is 56.2 Å². The summed E-state index contributed by atoms with van der Waals surface area (Å²) in [6.07, 6.45) is 5.26. The summed E-state index contributed by atoms with van der Waals surface area (Å²) in [4.78, 5) is 8.83. The summed E-state index contributed by atoms with van der Waals surface area (Å²) >= 11 is 1.58. The number of nitrogens with zero attached hydrogens (tertiary/aromatic N) is 6. The van der Waals surface area contributed by atoms with Gasteiger partial charge in [-0.2, -0.15) is 4.98 Å². The molecule has 0 radical (unpaired) electrons. The molecule has 3 aromatic heterocycles. The van der Waals surface area contributed by atoms with Crippen LogP contribution in [0.4, 0.5) is 0 Å². The Kier molecular flexibility index (Phi) is 4.91. The molecule has 0 unspecified atom stereocenters. The number of benzene rings is 2. The molecule has 9 heteroatoms. The highest BCUT2D eigenvalue weighted by Crippen LogP contribution is 2.59. The minimum atomic E-state index is -0.340. The highest BCUT2D eigenvalue weighted by atomic mass is 32.2. The minimum Gasteiger partial charge on any atom is -0.508 e. The maximum absolute atomic E-state index is 9.78. The zero-order valence-corrected chi connectivity index (χ0v) is 19.1. The zero-order chi connectivity index (χ0) is 23.1. The fraction of sp³-hybridized carbons (Fsp3) is 0.160. The van der Waals surface area contributed by atoms with Crippen molar-refractivity contribution in [3.05, 3.63) is 84.5 Å². The number of pyridine rings is 1. The molecule has 0 bridgehead atoms. The van der Waals surface area contributed by atoms with Crippen molar-refractivity contribution in [3.8, 4) is 34.2 Å². The Hall–Kier alpha value is -3.98. The average molecular weight is 469 g/mol. The zero-order valence-electron chi connectivity index (χ0n) is 18.3. The Labute approximate surface area is 199 Å². The van der Waals surface area contributed by atoms with Crippen molar-refractivity contribution in [2.75, 3.05) is 0 Å². The predicted octanol–water partition coefficient (Wildman–Crippen LogP) is 5.17. The number of phenolic OH excluding ortho intramolecular Hbond substituents is 1. The van der Waals surface area contributed by atoms with E-state index in [4.69, 9.17) is 9.51 Å². The van der Waals surface area contributed by atoms with Crippen LogP contribution in [0.15, 0.2) is 82.7 Å². The van der Waals surface area contributed by atoms with Gasteiger partial charge in [-0.1, -0.05) is 46.7 Å². The van der Waals surface area contributed by atoms with Crippen LogP contribution in [0, 0.1) is 6.92 Å². The highest BCUT2D eigenvalue weighted by molar-refractivity contribution is 8.00. The summed E-state index contributed by atoms with van der Waals surface area (Å²) in [5.41, 5.74) is 3.85. The molecule has 1 fully saturated rings. The first-order valence-electron chi connectivity index (χ1n) is 10.9. The molecule has 34 heavy (non-hydrogen) atoms. The lowest BCUT2D eigenvalue weighted by Crippen LogP contribution is -2.06. The van der Waals surface area contributed by atoms with Crippen LogP contribution in [-0.4, -0.2) is 35.0 Å². The van der Waals surface area contributed by atoms with Gasteiger partial charge in [0.2, 0.25) is 11.7 Å². The third kappa shape index (κ3) is 3.73. The molecule has 0 saturated heterocycles. The van der Waals surface area contributed by atoms with Crippen molar-refractivity contribution in [1.29, 1.82) is 0 Å². The molecule has 5 aromatic rings. The molecule has 0 spiro atoms. The molecule has 1 aliphatic rings. The van der Waals surface area contributed by atoms with Crippen LogP contribution in [0.25, 0.3) is 28.5 Å². The van der Waals surface area contributed by atoms with Crippen LogP contribution in [0.1, 0.15) is 24.3 Å². The summed E-state index contributed by atoms with van der Waals surface area (Å²) in [6.45, 7) is 2.05. The lowest BCUT2D eigenvalue weighted by Gasteiger charge is -2.13. The van der Waals surface area contributed by atoms with Gasteiger partial charge in [-0.3, -0.25) is 9.55 Å². The number of aromatic hydroxyl groups is 1. The molecule has 1 aliphatic carbocycles. The van der Waals surface area contributed by atoms with Crippen LogP contribution < -0.4 is 0 Å². The molecular weight excluding hydrogens is 448 g/mol. The van der Waals surface area contributed by atoms with Crippen molar-refractivity contribution < 1.29 is 9.63 Å². The minimum absolute atomic E-state index is 0.199. The van der Waals surface area contributed by atoms with E-state index in [0.717, 1.165) is 29.7 Å². The fourth-order valence-electron chi connectivity index (χ4n) is 3.73. The largest absolute Gasteiger partial charge is 0.508 e. The van der Waals surface area contributed by atoms with E-state index in [9.17, 15) is 5.11 Å². The van der Waals surface area contributed by atoms with Crippen molar-refractivity contribution in [3.63, 3.8) is 0 Å². The van der Waals surface area contributed by atoms with Gasteiger partial charge in [0, 0.05) is 29.2 Å². The second-order valence-electron chi connectivity index (χ2n) is 8.28. The Morgan fingerprint density at radius 3 is 2.35 bits per heavy atom. The third-order valence-corrected chi connectivity index (χ3v) is 7.22. The number of aryl methyl sites for hydroxylation is 1. The molecule has 1 N–H and O–H groups in total. The molecule has 2 aromatic carbocycles. The van der Waals surface area contributed by atoms with Crippen molar-refractivity contribution in [1.82, 2.24) is 29.9 Å². The summed E-state index contributed by atoms with van der Waals surface area (Å²) < 4.78 is 7.36. The second kappa shape index (κ2) is 8.11. The normalized spacial score (nSPS) is 14.3. The number of hydrogen-bond donors (Lipinski definition) is 1. The second-order valence-corrected chi connectivity index (χ2v) is 9.63. The van der Waals surface area contributed by atoms with Crippen LogP contribution in [-0.2, 0) is 4.75 Å². The van der Waals surface area contributed by atoms with Crippen LogP contribution in [0.3, 0.4) is 0 Å². The molecule has 3 heterocycles. The summed E-state index contributed by atoms with van der Waals surface area (Å²) in [5.74, 6) is 2.07. The van der Waals surface area contributed by atoms with E-state index in [1.54, 1.807) is 36.3 Å². The highest BCUT2D eigenvalue weighted by Gasteiger charge is 2.52. The standard InChI is InChI=1S/C25H20N6O2S/c1-16-2-4-17(5-3-16)21-27-23(33-30-21)25(12-13-25)34-24-29-28-22(18-10-14-26-15-11-18)31(24)19-6-8-20(32)9-7-19/h2-11,14-15,32H,12-13H2,1H3. The van der Waals surface area contributed by atoms with E-state index in [2.05, 4.69) is 20.3 Å². The Morgan fingerprint density at radius 2 is 1.65 bits per heavy atom. The van der Waals surface area contributed by atoms with E-state index >= 15 is 0 Å². The topological polar surface area (TPSA) is 103 Å². The molecular formula is C25H20N6O2S. The van der Waals surface area contributed by atoms with Crippen LogP contribution in [0.2, 0.25) is 0 Å². The SMILES string of the molecule is Cc1ccc(-c2noc(C3(Sc4nnc(-c5ccncc5)n4-c4ccc(O)cc4)CC3)n2)cc1. The monoisotopic (exact) mass is 468 g/mol. The molecule has 8 nitrogen and oxygen atoms in total. The smallest absolute Gasteiger partial charge is 0.243 e. The number of hydrogen-bond acceptors (Lipinski definition) is 8. The third-order valence-electron chi connectivity index (χ3n) is 5.80. The maximum atomic E-state index is 9.78. The quantitative estimate of drug-likeness (QED) is 0.364. The van der Waals surface area contributed by atoms with Gasteiger partial charge in [0.25, 0.3) is 0 Å². The van der Waals surface area contributed by atoms with Gasteiger partial charge >= 0.3 is 0 Å². The first kappa shape index (κ1) is 20.6. The van der Waals surface area contributed by atoms with E-state index in [-0.39, 0.29) is 10.5 Å². The van der Waals surface area contributed by atoms with E-state index in [1.165, 1.54) is 5.56 Å². The van der Waals surface area contributed by atoms with Crippen LogP contribution in [0.5, 0.6) is 5.75 Å². The lowest BCUT2D eigenvalue weighted by molar-refractivity contribution is 0.373. The number of rotatable bonds is 6. The number of thioether (sulfide) groups is 1. The molecule has 1 saturated carbocycles. The molecule has 0 atom stereocenters. The Morgan fingerprint density at radius 1 is 0.912 bits per heavy atom. The Balaban J connectivity index is 1.37. The summed E-state index contributed by atoms with van der Waals surface area (Å²) in [5, 5.41) is 23.7. The van der Waals surface area contributed by atoms with Crippen LogP contribution >= 0.6 is 11.8 Å². The molecule has 6 rings (SSSR count). The molecule has 168 valence electrons. The maximum Gasteiger partial charge on any atom is 0.243 e. The van der Waals surface area contributed by atoms with E-state index in [1.807, 2.05) is 60.0 Å². The van der Waals surface area contributed by atoms with Crippen molar-refractivity contribution in [2.45, 2.75) is 29.7 Å². The summed E-state index contributed by atoms with van der Waals surface area (Å²) in [6, 6.07) is 18.9.